The quantitative estimate of drug-likeness (QED) is 0.771. The molecule has 3 aromatic rings. The molecule has 2 heterocycles. The van der Waals surface area contributed by atoms with Gasteiger partial charge in [0.15, 0.2) is 0 Å². The lowest BCUT2D eigenvalue weighted by Gasteiger charge is -2.13. The second kappa shape index (κ2) is 6.25. The Balaban J connectivity index is 1.64. The van der Waals surface area contributed by atoms with Gasteiger partial charge >= 0.3 is 0 Å². The topological polar surface area (TPSA) is 71.1 Å². The lowest BCUT2D eigenvalue weighted by molar-refractivity contribution is -0.117. The Labute approximate surface area is 135 Å². The van der Waals surface area contributed by atoms with Gasteiger partial charge in [-0.2, -0.15) is 0 Å². The van der Waals surface area contributed by atoms with Gasteiger partial charge in [0.05, 0.1) is 20.6 Å². The van der Waals surface area contributed by atoms with Crippen LogP contribution in [-0.4, -0.2) is 22.8 Å². The molecule has 2 aromatic heterocycles. The lowest BCUT2D eigenvalue weighted by Crippen LogP contribution is -2.41. The van der Waals surface area contributed by atoms with Crippen molar-refractivity contribution in [2.45, 2.75) is 13.0 Å². The number of thiophene rings is 1. The number of anilines is 1. The molecule has 0 aliphatic carbocycles. The second-order valence-corrected chi connectivity index (χ2v) is 6.53. The molecular formula is C15H13N3O2S2. The van der Waals surface area contributed by atoms with Crippen LogP contribution < -0.4 is 10.6 Å². The normalized spacial score (nSPS) is 12.0. The minimum Gasteiger partial charge on any atom is -0.340 e. The molecule has 0 saturated carbocycles. The number of thiazole rings is 1. The zero-order chi connectivity index (χ0) is 15.5. The van der Waals surface area contributed by atoms with Crippen LogP contribution in [0, 0.1) is 0 Å². The third kappa shape index (κ3) is 3.15. The fourth-order valence-electron chi connectivity index (χ4n) is 1.93. The Morgan fingerprint density at radius 3 is 2.86 bits per heavy atom. The molecule has 5 nitrogen and oxygen atoms in total. The van der Waals surface area contributed by atoms with Crippen molar-refractivity contribution >= 4 is 50.4 Å². The van der Waals surface area contributed by atoms with Crippen molar-refractivity contribution in [2.75, 3.05) is 5.32 Å². The molecule has 1 aromatic carbocycles. The number of benzene rings is 1. The van der Waals surface area contributed by atoms with E-state index in [4.69, 9.17) is 0 Å². The summed E-state index contributed by atoms with van der Waals surface area (Å²) in [4.78, 5) is 28.9. The van der Waals surface area contributed by atoms with Gasteiger partial charge in [0, 0.05) is 5.69 Å². The van der Waals surface area contributed by atoms with E-state index in [9.17, 15) is 9.59 Å². The summed E-state index contributed by atoms with van der Waals surface area (Å²) in [5.41, 5.74) is 3.28. The molecule has 0 fully saturated rings. The fourth-order valence-corrected chi connectivity index (χ4v) is 3.21. The maximum atomic E-state index is 12.2. The van der Waals surface area contributed by atoms with Crippen molar-refractivity contribution in [3.05, 3.63) is 46.1 Å². The van der Waals surface area contributed by atoms with Crippen molar-refractivity contribution in [1.29, 1.82) is 0 Å². The summed E-state index contributed by atoms with van der Waals surface area (Å²) in [6, 6.07) is 8.45. The molecule has 0 spiro atoms. The zero-order valence-corrected chi connectivity index (χ0v) is 13.3. The van der Waals surface area contributed by atoms with Crippen molar-refractivity contribution in [3.63, 3.8) is 0 Å². The predicted molar refractivity (Wildman–Crippen MR) is 89.5 cm³/mol. The van der Waals surface area contributed by atoms with E-state index in [-0.39, 0.29) is 11.8 Å². The number of hydrogen-bond donors (Lipinski definition) is 2. The number of nitrogens with zero attached hydrogens (tertiary/aromatic N) is 1. The van der Waals surface area contributed by atoms with E-state index in [0.29, 0.717) is 10.6 Å². The zero-order valence-electron chi connectivity index (χ0n) is 11.7. The van der Waals surface area contributed by atoms with Crippen LogP contribution in [0.4, 0.5) is 5.69 Å². The maximum absolute atomic E-state index is 12.2. The van der Waals surface area contributed by atoms with Gasteiger partial charge < -0.3 is 10.6 Å². The number of hydrogen-bond acceptors (Lipinski definition) is 5. The standard InChI is InChI=1S/C15H13N3O2S2/c1-9(17-15(20)13-3-2-6-21-13)14(19)18-10-4-5-12-11(7-10)16-8-22-12/h2-9H,1H3,(H,17,20)(H,18,19). The van der Waals surface area contributed by atoms with Gasteiger partial charge in [0.2, 0.25) is 5.91 Å². The molecule has 2 N–H and O–H groups in total. The minimum absolute atomic E-state index is 0.243. The monoisotopic (exact) mass is 331 g/mol. The van der Waals surface area contributed by atoms with Crippen LogP contribution in [0.1, 0.15) is 16.6 Å². The van der Waals surface area contributed by atoms with Gasteiger partial charge in [-0.25, -0.2) is 4.98 Å². The van der Waals surface area contributed by atoms with Crippen molar-refractivity contribution in [2.24, 2.45) is 0 Å². The maximum Gasteiger partial charge on any atom is 0.261 e. The molecule has 0 aliphatic heterocycles. The summed E-state index contributed by atoms with van der Waals surface area (Å²) in [6.07, 6.45) is 0. The Kier molecular flexibility index (Phi) is 4.17. The Hall–Kier alpha value is -2.25. The summed E-state index contributed by atoms with van der Waals surface area (Å²) < 4.78 is 1.07. The largest absolute Gasteiger partial charge is 0.340 e. The molecule has 1 unspecified atom stereocenters. The smallest absolute Gasteiger partial charge is 0.261 e. The minimum atomic E-state index is -0.624. The number of nitrogens with one attached hydrogen (secondary N) is 2. The molecule has 0 bridgehead atoms. The highest BCUT2D eigenvalue weighted by Crippen LogP contribution is 2.21. The van der Waals surface area contributed by atoms with E-state index in [2.05, 4.69) is 15.6 Å². The van der Waals surface area contributed by atoms with Gasteiger partial charge in [0.1, 0.15) is 6.04 Å². The van der Waals surface area contributed by atoms with Gasteiger partial charge in [-0.05, 0) is 36.6 Å². The Bertz CT molecular complexity index is 811. The summed E-state index contributed by atoms with van der Waals surface area (Å²) >= 11 is 2.89. The molecule has 0 aliphatic rings. The highest BCUT2D eigenvalue weighted by molar-refractivity contribution is 7.16. The first-order valence-corrected chi connectivity index (χ1v) is 8.38. The summed E-state index contributed by atoms with van der Waals surface area (Å²) in [7, 11) is 0. The molecular weight excluding hydrogens is 318 g/mol. The summed E-state index contributed by atoms with van der Waals surface area (Å²) in [6.45, 7) is 1.65. The van der Waals surface area contributed by atoms with Crippen LogP contribution in [0.3, 0.4) is 0 Å². The third-order valence-corrected chi connectivity index (χ3v) is 4.76. The van der Waals surface area contributed by atoms with Crippen LogP contribution in [0.15, 0.2) is 41.2 Å². The van der Waals surface area contributed by atoms with E-state index < -0.39 is 6.04 Å². The fraction of sp³-hybridized carbons (Fsp3) is 0.133. The first-order chi connectivity index (χ1) is 10.6. The highest BCUT2D eigenvalue weighted by atomic mass is 32.1. The summed E-state index contributed by atoms with van der Waals surface area (Å²) in [5.74, 6) is -0.507. The number of amides is 2. The second-order valence-electron chi connectivity index (χ2n) is 4.70. The average molecular weight is 331 g/mol. The van der Waals surface area contributed by atoms with Crippen LogP contribution in [0.25, 0.3) is 10.2 Å². The Morgan fingerprint density at radius 1 is 1.23 bits per heavy atom. The number of carbonyl (C=O) groups excluding carboxylic acids is 2. The molecule has 1 atom stereocenters. The molecule has 2 amide bonds. The molecule has 22 heavy (non-hydrogen) atoms. The predicted octanol–water partition coefficient (Wildman–Crippen LogP) is 3.11. The van der Waals surface area contributed by atoms with E-state index in [1.54, 1.807) is 35.9 Å². The molecule has 7 heteroatoms. The van der Waals surface area contributed by atoms with Gasteiger partial charge in [-0.3, -0.25) is 9.59 Å². The SMILES string of the molecule is CC(NC(=O)c1cccs1)C(=O)Nc1ccc2scnc2c1. The van der Waals surface area contributed by atoms with Crippen LogP contribution >= 0.6 is 22.7 Å². The first-order valence-electron chi connectivity index (χ1n) is 6.62. The van der Waals surface area contributed by atoms with Crippen LogP contribution in [0.5, 0.6) is 0 Å². The van der Waals surface area contributed by atoms with Gasteiger partial charge in [-0.1, -0.05) is 6.07 Å². The van der Waals surface area contributed by atoms with E-state index in [1.807, 2.05) is 23.6 Å². The van der Waals surface area contributed by atoms with E-state index >= 15 is 0 Å². The highest BCUT2D eigenvalue weighted by Gasteiger charge is 2.17. The van der Waals surface area contributed by atoms with E-state index in [0.717, 1.165) is 10.2 Å². The lowest BCUT2D eigenvalue weighted by atomic mass is 10.2. The van der Waals surface area contributed by atoms with Crippen molar-refractivity contribution < 1.29 is 9.59 Å². The van der Waals surface area contributed by atoms with E-state index in [1.165, 1.54) is 11.3 Å². The molecule has 3 rings (SSSR count). The first kappa shape index (κ1) is 14.7. The van der Waals surface area contributed by atoms with Crippen LogP contribution in [0.2, 0.25) is 0 Å². The number of aromatic nitrogens is 1. The average Bonchev–Trinajstić information content (AvgIpc) is 3.18. The third-order valence-electron chi connectivity index (χ3n) is 3.08. The van der Waals surface area contributed by atoms with Crippen LogP contribution in [-0.2, 0) is 4.79 Å². The van der Waals surface area contributed by atoms with Gasteiger partial charge in [0.25, 0.3) is 5.91 Å². The number of fused-ring (bicyclic) bond motifs is 1. The number of carbonyl (C=O) groups is 2. The molecule has 0 radical (unpaired) electrons. The molecule has 0 saturated heterocycles. The van der Waals surface area contributed by atoms with Crippen molar-refractivity contribution in [3.8, 4) is 0 Å². The summed E-state index contributed by atoms with van der Waals surface area (Å²) in [5, 5.41) is 7.29. The number of rotatable bonds is 4. The van der Waals surface area contributed by atoms with Gasteiger partial charge in [-0.15, -0.1) is 22.7 Å². The Morgan fingerprint density at radius 2 is 2.09 bits per heavy atom. The molecule has 112 valence electrons. The van der Waals surface area contributed by atoms with Crippen molar-refractivity contribution in [1.82, 2.24) is 10.3 Å².